The number of carbonyl (C=O) groups excluding carboxylic acids is 1. The minimum Gasteiger partial charge on any atom is -0.355 e. The highest BCUT2D eigenvalue weighted by Gasteiger charge is 2.43. The van der Waals surface area contributed by atoms with Crippen LogP contribution in [0.15, 0.2) is 46.9 Å². The summed E-state index contributed by atoms with van der Waals surface area (Å²) in [5.74, 6) is 0.704. The van der Waals surface area contributed by atoms with Crippen molar-refractivity contribution in [2.24, 2.45) is 0 Å². The van der Waals surface area contributed by atoms with Crippen molar-refractivity contribution >= 4 is 61.4 Å². The van der Waals surface area contributed by atoms with E-state index in [0.29, 0.717) is 5.92 Å². The number of nitrogens with zero attached hydrogens (tertiary/aromatic N) is 2. The number of anilines is 2. The molecule has 1 N–H and O–H groups in total. The van der Waals surface area contributed by atoms with Crippen LogP contribution < -0.4 is 5.32 Å². The largest absolute Gasteiger partial charge is 0.355 e. The maximum atomic E-state index is 13.1. The summed E-state index contributed by atoms with van der Waals surface area (Å²) in [5.41, 5.74) is 7.96. The Bertz CT molecular complexity index is 1320. The molecule has 2 aromatic heterocycles. The lowest BCUT2D eigenvalue weighted by Crippen LogP contribution is -2.23. The van der Waals surface area contributed by atoms with Gasteiger partial charge in [-0.25, -0.2) is 4.98 Å². The fraction of sp³-hybridized carbons (Fsp3) is 0.261. The first-order valence-electron chi connectivity index (χ1n) is 9.81. The molecule has 0 unspecified atom stereocenters. The second-order valence-electron chi connectivity index (χ2n) is 8.29. The summed E-state index contributed by atoms with van der Waals surface area (Å²) in [7, 11) is 0. The Morgan fingerprint density at radius 1 is 1.14 bits per heavy atom. The number of nitrogens with one attached hydrogen (secondary N) is 1. The number of benzene rings is 2. The number of pyridine rings is 1. The smallest absolute Gasteiger partial charge is 0.180 e. The normalized spacial score (nSPS) is 17.8. The molecule has 1 aliphatic carbocycles. The molecular formula is C23H19N3OS2. The SMILES string of the molecule is CC1(C)Sc2cc3c(Nc4ccc5scnc5c4)ccnc3c(C3CC3)c2C1=O. The van der Waals surface area contributed by atoms with Gasteiger partial charge in [-0.3, -0.25) is 9.78 Å². The second-order valence-corrected chi connectivity index (χ2v) is 10.8. The van der Waals surface area contributed by atoms with Gasteiger partial charge in [-0.1, -0.05) is 0 Å². The molecule has 1 fully saturated rings. The number of hydrogen-bond donors (Lipinski definition) is 1. The Morgan fingerprint density at radius 3 is 2.83 bits per heavy atom. The van der Waals surface area contributed by atoms with Crippen LogP contribution in [0, 0.1) is 0 Å². The number of hydrogen-bond acceptors (Lipinski definition) is 6. The minimum atomic E-state index is -0.410. The summed E-state index contributed by atoms with van der Waals surface area (Å²) < 4.78 is 0.771. The lowest BCUT2D eigenvalue weighted by Gasteiger charge is -2.15. The maximum Gasteiger partial charge on any atom is 0.180 e. The van der Waals surface area contributed by atoms with Crippen molar-refractivity contribution in [3.8, 4) is 0 Å². The number of thioether (sulfide) groups is 1. The molecule has 29 heavy (non-hydrogen) atoms. The van der Waals surface area contributed by atoms with Gasteiger partial charge >= 0.3 is 0 Å². The quantitative estimate of drug-likeness (QED) is 0.410. The number of fused-ring (bicyclic) bond motifs is 3. The van der Waals surface area contributed by atoms with Crippen molar-refractivity contribution < 1.29 is 4.79 Å². The molecule has 6 heteroatoms. The topological polar surface area (TPSA) is 54.9 Å². The van der Waals surface area contributed by atoms with Gasteiger partial charge in [-0.2, -0.15) is 0 Å². The van der Waals surface area contributed by atoms with Crippen molar-refractivity contribution in [3.05, 3.63) is 53.2 Å². The first kappa shape index (κ1) is 17.4. The molecule has 144 valence electrons. The van der Waals surface area contributed by atoms with Gasteiger partial charge in [0.05, 0.1) is 26.0 Å². The van der Waals surface area contributed by atoms with Gasteiger partial charge in [-0.15, -0.1) is 23.1 Å². The lowest BCUT2D eigenvalue weighted by atomic mass is 9.91. The molecular weight excluding hydrogens is 398 g/mol. The van der Waals surface area contributed by atoms with Gasteiger partial charge < -0.3 is 5.32 Å². The van der Waals surface area contributed by atoms with Crippen LogP contribution in [0.4, 0.5) is 11.4 Å². The van der Waals surface area contributed by atoms with Gasteiger partial charge in [0.1, 0.15) is 0 Å². The highest BCUT2D eigenvalue weighted by atomic mass is 32.2. The monoisotopic (exact) mass is 417 g/mol. The van der Waals surface area contributed by atoms with Gasteiger partial charge in [0.15, 0.2) is 5.78 Å². The van der Waals surface area contributed by atoms with E-state index in [0.717, 1.165) is 51.1 Å². The third-order valence-corrected chi connectivity index (χ3v) is 7.82. The predicted molar refractivity (Wildman–Crippen MR) is 121 cm³/mol. The van der Waals surface area contributed by atoms with Gasteiger partial charge in [0.25, 0.3) is 0 Å². The Balaban J connectivity index is 1.54. The molecule has 6 rings (SSSR count). The number of aromatic nitrogens is 2. The molecule has 0 spiro atoms. The van der Waals surface area contributed by atoms with Crippen LogP contribution in [-0.2, 0) is 0 Å². The average molecular weight is 418 g/mol. The van der Waals surface area contributed by atoms with E-state index in [9.17, 15) is 4.79 Å². The Morgan fingerprint density at radius 2 is 2.00 bits per heavy atom. The molecule has 0 saturated heterocycles. The fourth-order valence-corrected chi connectivity index (χ4v) is 6.08. The lowest BCUT2D eigenvalue weighted by molar-refractivity contribution is 0.0960. The summed E-state index contributed by atoms with van der Waals surface area (Å²) in [6.45, 7) is 4.05. The average Bonchev–Trinajstić information content (AvgIpc) is 3.38. The van der Waals surface area contributed by atoms with Crippen LogP contribution in [0.25, 0.3) is 21.1 Å². The van der Waals surface area contributed by atoms with Gasteiger partial charge in [0, 0.05) is 33.4 Å². The van der Waals surface area contributed by atoms with E-state index in [1.165, 1.54) is 10.3 Å². The van der Waals surface area contributed by atoms with Gasteiger partial charge in [-0.05, 0) is 68.5 Å². The van der Waals surface area contributed by atoms with E-state index in [2.05, 4.69) is 34.6 Å². The number of Topliss-reactive ketones (excluding diaryl/α,β-unsaturated/α-hetero) is 1. The molecule has 4 aromatic rings. The number of rotatable bonds is 3. The molecule has 2 aromatic carbocycles. The summed E-state index contributed by atoms with van der Waals surface area (Å²) in [6, 6.07) is 10.4. The molecule has 4 nitrogen and oxygen atoms in total. The van der Waals surface area contributed by atoms with Crippen molar-refractivity contribution in [1.82, 2.24) is 9.97 Å². The van der Waals surface area contributed by atoms with E-state index in [4.69, 9.17) is 4.98 Å². The Hall–Kier alpha value is -2.44. The summed E-state index contributed by atoms with van der Waals surface area (Å²) >= 11 is 3.33. The number of thiazole rings is 1. The van der Waals surface area contributed by atoms with Gasteiger partial charge in [0.2, 0.25) is 0 Å². The molecule has 1 aliphatic heterocycles. The van der Waals surface area contributed by atoms with Crippen LogP contribution in [0.2, 0.25) is 0 Å². The molecule has 2 aliphatic rings. The zero-order chi connectivity index (χ0) is 19.8. The molecule has 0 radical (unpaired) electrons. The van der Waals surface area contributed by atoms with E-state index < -0.39 is 4.75 Å². The summed E-state index contributed by atoms with van der Waals surface area (Å²) in [4.78, 5) is 23.4. The highest BCUT2D eigenvalue weighted by molar-refractivity contribution is 8.02. The van der Waals surface area contributed by atoms with E-state index >= 15 is 0 Å². The van der Waals surface area contributed by atoms with Crippen LogP contribution in [0.1, 0.15) is 48.5 Å². The van der Waals surface area contributed by atoms with E-state index in [-0.39, 0.29) is 5.78 Å². The maximum absolute atomic E-state index is 13.1. The first-order valence-corrected chi connectivity index (χ1v) is 11.5. The van der Waals surface area contributed by atoms with Crippen LogP contribution >= 0.6 is 23.1 Å². The van der Waals surface area contributed by atoms with E-state index in [1.54, 1.807) is 23.1 Å². The molecule has 0 bridgehead atoms. The van der Waals surface area contributed by atoms with Crippen LogP contribution in [0.5, 0.6) is 0 Å². The number of carbonyl (C=O) groups is 1. The second kappa shape index (κ2) is 6.03. The first-order chi connectivity index (χ1) is 14.0. The number of ketones is 1. The minimum absolute atomic E-state index is 0.246. The predicted octanol–water partition coefficient (Wildman–Crippen LogP) is 6.53. The molecule has 3 heterocycles. The Labute approximate surface area is 176 Å². The summed E-state index contributed by atoms with van der Waals surface area (Å²) in [6.07, 6.45) is 4.13. The van der Waals surface area contributed by atoms with E-state index in [1.807, 2.05) is 31.6 Å². The summed E-state index contributed by atoms with van der Waals surface area (Å²) in [5, 5.41) is 4.66. The molecule has 0 atom stereocenters. The zero-order valence-electron chi connectivity index (χ0n) is 16.2. The van der Waals surface area contributed by atoms with Crippen molar-refractivity contribution in [2.45, 2.75) is 42.2 Å². The third-order valence-electron chi connectivity index (χ3n) is 5.77. The van der Waals surface area contributed by atoms with Crippen molar-refractivity contribution in [1.29, 1.82) is 0 Å². The zero-order valence-corrected chi connectivity index (χ0v) is 17.8. The van der Waals surface area contributed by atoms with Crippen molar-refractivity contribution in [3.63, 3.8) is 0 Å². The Kier molecular flexibility index (Phi) is 3.62. The standard InChI is InChI=1S/C23H19N3OS2/c1-23(2)22(27)20-18(29-23)10-14-15(7-8-24-21(14)19(20)12-3-4-12)26-13-5-6-17-16(9-13)25-11-28-17/h5-12H,3-4H2,1-2H3,(H,24,26). The van der Waals surface area contributed by atoms with Crippen molar-refractivity contribution in [2.75, 3.05) is 5.32 Å². The van der Waals surface area contributed by atoms with Crippen LogP contribution in [0.3, 0.4) is 0 Å². The molecule has 1 saturated carbocycles. The van der Waals surface area contributed by atoms with Crippen LogP contribution in [-0.4, -0.2) is 20.5 Å². The fourth-order valence-electron chi connectivity index (χ4n) is 4.19. The highest BCUT2D eigenvalue weighted by Crippen LogP contribution is 2.54. The third kappa shape index (κ3) is 2.69. The molecule has 0 amide bonds.